The predicted octanol–water partition coefficient (Wildman–Crippen LogP) is 3.95. The van der Waals surface area contributed by atoms with Crippen molar-refractivity contribution in [3.05, 3.63) is 48.2 Å². The van der Waals surface area contributed by atoms with E-state index in [2.05, 4.69) is 15.0 Å². The standard InChI is InChI=1S/C19H19N3O3S/c1-12(2)24-15-7-5-13(6-8-15)18-21-14(10-23-18)11-26-19-22-17-16(25-19)4-3-9-20-17/h3-9,12,14H,10-11H2,1-2H3. The summed E-state index contributed by atoms with van der Waals surface area (Å²) in [4.78, 5) is 13.2. The number of pyridine rings is 1. The maximum absolute atomic E-state index is 5.75. The fourth-order valence-electron chi connectivity index (χ4n) is 2.59. The van der Waals surface area contributed by atoms with E-state index >= 15 is 0 Å². The Morgan fingerprint density at radius 1 is 1.23 bits per heavy atom. The molecule has 134 valence electrons. The molecule has 1 aliphatic heterocycles. The predicted molar refractivity (Wildman–Crippen MR) is 101 cm³/mol. The second-order valence-electron chi connectivity index (χ2n) is 6.21. The molecular weight excluding hydrogens is 350 g/mol. The molecule has 4 rings (SSSR count). The summed E-state index contributed by atoms with van der Waals surface area (Å²) in [7, 11) is 0. The van der Waals surface area contributed by atoms with Gasteiger partial charge < -0.3 is 13.9 Å². The van der Waals surface area contributed by atoms with Crippen molar-refractivity contribution >= 4 is 28.9 Å². The van der Waals surface area contributed by atoms with E-state index in [0.717, 1.165) is 17.1 Å². The van der Waals surface area contributed by atoms with E-state index in [1.54, 1.807) is 6.20 Å². The van der Waals surface area contributed by atoms with Gasteiger partial charge in [-0.25, -0.2) is 9.98 Å². The molecule has 0 amide bonds. The summed E-state index contributed by atoms with van der Waals surface area (Å²) < 4.78 is 17.1. The van der Waals surface area contributed by atoms with Gasteiger partial charge in [0.2, 0.25) is 5.90 Å². The summed E-state index contributed by atoms with van der Waals surface area (Å²) in [6, 6.07) is 11.6. The highest BCUT2D eigenvalue weighted by Crippen LogP contribution is 2.25. The molecule has 7 heteroatoms. The van der Waals surface area contributed by atoms with Gasteiger partial charge in [-0.05, 0) is 50.2 Å². The molecule has 0 fully saturated rings. The minimum atomic E-state index is 0.0737. The highest BCUT2D eigenvalue weighted by atomic mass is 32.2. The number of rotatable bonds is 6. The van der Waals surface area contributed by atoms with Gasteiger partial charge in [0.25, 0.3) is 5.22 Å². The number of thioether (sulfide) groups is 1. The van der Waals surface area contributed by atoms with E-state index in [0.29, 0.717) is 29.0 Å². The first-order valence-corrected chi connectivity index (χ1v) is 9.48. The Bertz CT molecular complexity index is 888. The fraction of sp³-hybridized carbons (Fsp3) is 0.316. The van der Waals surface area contributed by atoms with E-state index in [4.69, 9.17) is 13.9 Å². The molecular formula is C19H19N3O3S. The van der Waals surface area contributed by atoms with Crippen LogP contribution in [0.5, 0.6) is 5.75 Å². The van der Waals surface area contributed by atoms with E-state index in [-0.39, 0.29) is 12.1 Å². The number of benzene rings is 1. The number of aromatic nitrogens is 2. The summed E-state index contributed by atoms with van der Waals surface area (Å²) in [5, 5.41) is 0.609. The molecule has 6 nitrogen and oxygen atoms in total. The van der Waals surface area contributed by atoms with Crippen LogP contribution in [0.15, 0.2) is 57.2 Å². The molecule has 0 aliphatic carbocycles. The summed E-state index contributed by atoms with van der Waals surface area (Å²) >= 11 is 1.53. The van der Waals surface area contributed by atoms with E-state index < -0.39 is 0 Å². The van der Waals surface area contributed by atoms with Gasteiger partial charge in [0.05, 0.1) is 12.1 Å². The van der Waals surface area contributed by atoms with E-state index in [1.165, 1.54) is 11.8 Å². The van der Waals surface area contributed by atoms with Gasteiger partial charge in [-0.15, -0.1) is 0 Å². The minimum absolute atomic E-state index is 0.0737. The van der Waals surface area contributed by atoms with Crippen LogP contribution >= 0.6 is 11.8 Å². The number of ether oxygens (including phenoxy) is 2. The molecule has 0 spiro atoms. The Hall–Kier alpha value is -2.54. The van der Waals surface area contributed by atoms with Gasteiger partial charge in [0.15, 0.2) is 11.2 Å². The third kappa shape index (κ3) is 3.83. The van der Waals surface area contributed by atoms with Crippen LogP contribution in [0.1, 0.15) is 19.4 Å². The van der Waals surface area contributed by atoms with Crippen molar-refractivity contribution in [3.63, 3.8) is 0 Å². The lowest BCUT2D eigenvalue weighted by Crippen LogP contribution is -2.09. The molecule has 0 saturated heterocycles. The van der Waals surface area contributed by atoms with Crippen LogP contribution in [0.2, 0.25) is 0 Å². The fourth-order valence-corrected chi connectivity index (χ4v) is 3.39. The number of hydrogen-bond donors (Lipinski definition) is 0. The Labute approximate surface area is 155 Å². The molecule has 0 N–H and O–H groups in total. The molecule has 26 heavy (non-hydrogen) atoms. The van der Waals surface area contributed by atoms with Gasteiger partial charge in [-0.2, -0.15) is 4.98 Å². The normalized spacial score (nSPS) is 16.7. The van der Waals surface area contributed by atoms with Crippen LogP contribution in [0.3, 0.4) is 0 Å². The van der Waals surface area contributed by atoms with Crippen LogP contribution in [-0.2, 0) is 4.74 Å². The van der Waals surface area contributed by atoms with Crippen LogP contribution in [0, 0.1) is 0 Å². The molecule has 1 aliphatic rings. The van der Waals surface area contributed by atoms with Crippen LogP contribution < -0.4 is 4.74 Å². The molecule has 3 aromatic rings. The number of fused-ring (bicyclic) bond motifs is 1. The Kier molecular flexibility index (Phi) is 4.79. The second kappa shape index (κ2) is 7.37. The zero-order valence-corrected chi connectivity index (χ0v) is 15.4. The van der Waals surface area contributed by atoms with E-state index in [1.807, 2.05) is 50.2 Å². The molecule has 0 bridgehead atoms. The van der Waals surface area contributed by atoms with Crippen molar-refractivity contribution < 1.29 is 13.9 Å². The number of nitrogens with zero attached hydrogens (tertiary/aromatic N) is 3. The van der Waals surface area contributed by atoms with Crippen LogP contribution in [0.25, 0.3) is 11.2 Å². The summed E-state index contributed by atoms with van der Waals surface area (Å²) in [5.41, 5.74) is 2.29. The first-order valence-electron chi connectivity index (χ1n) is 8.49. The maximum atomic E-state index is 5.75. The third-order valence-corrected chi connectivity index (χ3v) is 4.70. The Morgan fingerprint density at radius 3 is 2.85 bits per heavy atom. The lowest BCUT2D eigenvalue weighted by atomic mass is 10.2. The van der Waals surface area contributed by atoms with Gasteiger partial charge in [-0.1, -0.05) is 11.8 Å². The van der Waals surface area contributed by atoms with Crippen LogP contribution in [-0.4, -0.2) is 40.4 Å². The second-order valence-corrected chi connectivity index (χ2v) is 7.18. The van der Waals surface area contributed by atoms with Crippen LogP contribution in [0.4, 0.5) is 0 Å². The van der Waals surface area contributed by atoms with Gasteiger partial charge in [-0.3, -0.25) is 0 Å². The highest BCUT2D eigenvalue weighted by Gasteiger charge is 2.21. The largest absolute Gasteiger partial charge is 0.491 e. The third-order valence-electron chi connectivity index (χ3n) is 3.73. The topological polar surface area (TPSA) is 69.7 Å². The SMILES string of the molecule is CC(C)Oc1ccc(C2=NC(CSc3nc4ncccc4o3)CO2)cc1. The zero-order valence-electron chi connectivity index (χ0n) is 14.6. The van der Waals surface area contributed by atoms with Crippen molar-refractivity contribution in [1.29, 1.82) is 0 Å². The lowest BCUT2D eigenvalue weighted by Gasteiger charge is -2.09. The summed E-state index contributed by atoms with van der Waals surface area (Å²) in [6.07, 6.45) is 1.86. The first kappa shape index (κ1) is 16.9. The first-order chi connectivity index (χ1) is 12.7. The summed E-state index contributed by atoms with van der Waals surface area (Å²) in [5.74, 6) is 2.26. The van der Waals surface area contributed by atoms with Crippen molar-refractivity contribution in [3.8, 4) is 5.75 Å². The molecule has 1 aromatic carbocycles. The lowest BCUT2D eigenvalue weighted by molar-refractivity contribution is 0.242. The molecule has 1 atom stereocenters. The highest BCUT2D eigenvalue weighted by molar-refractivity contribution is 7.99. The zero-order chi connectivity index (χ0) is 17.9. The molecule has 1 unspecified atom stereocenters. The average molecular weight is 369 g/mol. The number of hydrogen-bond acceptors (Lipinski definition) is 7. The monoisotopic (exact) mass is 369 g/mol. The van der Waals surface area contributed by atoms with Gasteiger partial charge in [0.1, 0.15) is 12.4 Å². The van der Waals surface area contributed by atoms with Gasteiger partial charge in [0, 0.05) is 17.5 Å². The molecule has 0 radical (unpaired) electrons. The molecule has 2 aromatic heterocycles. The van der Waals surface area contributed by atoms with Crippen molar-refractivity contribution in [1.82, 2.24) is 9.97 Å². The Morgan fingerprint density at radius 2 is 2.08 bits per heavy atom. The molecule has 3 heterocycles. The average Bonchev–Trinajstić information content (AvgIpc) is 3.26. The Balaban J connectivity index is 1.38. The molecule has 0 saturated carbocycles. The number of oxazole rings is 1. The number of aliphatic imine (C=N–C) groups is 1. The quantitative estimate of drug-likeness (QED) is 0.613. The van der Waals surface area contributed by atoms with E-state index in [9.17, 15) is 0 Å². The van der Waals surface area contributed by atoms with Crippen molar-refractivity contribution in [2.24, 2.45) is 4.99 Å². The summed E-state index contributed by atoms with van der Waals surface area (Å²) in [6.45, 7) is 4.57. The minimum Gasteiger partial charge on any atom is -0.491 e. The maximum Gasteiger partial charge on any atom is 0.258 e. The van der Waals surface area contributed by atoms with Gasteiger partial charge >= 0.3 is 0 Å². The van der Waals surface area contributed by atoms with Crippen molar-refractivity contribution in [2.45, 2.75) is 31.2 Å². The smallest absolute Gasteiger partial charge is 0.258 e. The van der Waals surface area contributed by atoms with Crippen molar-refractivity contribution in [2.75, 3.05) is 12.4 Å².